The maximum Gasteiger partial charge on any atom is 0.0906 e. The van der Waals surface area contributed by atoms with E-state index in [0.717, 1.165) is 17.0 Å². The van der Waals surface area contributed by atoms with E-state index in [9.17, 15) is 5.11 Å². The number of aryl methyl sites for hydroxylation is 2. The first-order chi connectivity index (χ1) is 9.25. The Bertz CT molecular complexity index is 563. The molecule has 3 rings (SSSR count). The molecule has 0 spiro atoms. The zero-order valence-electron chi connectivity index (χ0n) is 11.2. The highest BCUT2D eigenvalue weighted by molar-refractivity contribution is 7.09. The van der Waals surface area contributed by atoms with E-state index < -0.39 is 0 Å². The number of hydrogen-bond acceptors (Lipinski definition) is 3. The Hall–Kier alpha value is -1.19. The molecule has 2 unspecified atom stereocenters. The Morgan fingerprint density at radius 2 is 2.26 bits per heavy atom. The van der Waals surface area contributed by atoms with Crippen molar-refractivity contribution in [3.8, 4) is 0 Å². The lowest BCUT2D eigenvalue weighted by Gasteiger charge is -2.27. The molecule has 100 valence electrons. The first kappa shape index (κ1) is 12.8. The van der Waals surface area contributed by atoms with Crippen molar-refractivity contribution < 1.29 is 5.11 Å². The van der Waals surface area contributed by atoms with Crippen molar-refractivity contribution in [2.45, 2.75) is 44.6 Å². The second-order valence-corrected chi connectivity index (χ2v) is 6.23. The van der Waals surface area contributed by atoms with E-state index in [0.29, 0.717) is 5.92 Å². The van der Waals surface area contributed by atoms with Gasteiger partial charge in [0.25, 0.3) is 0 Å². The largest absolute Gasteiger partial charge is 0.387 e. The van der Waals surface area contributed by atoms with Crippen LogP contribution in [0.3, 0.4) is 0 Å². The fraction of sp³-hybridized carbons (Fsp3) is 0.438. The monoisotopic (exact) mass is 273 g/mol. The van der Waals surface area contributed by atoms with Gasteiger partial charge in [-0.3, -0.25) is 0 Å². The summed E-state index contributed by atoms with van der Waals surface area (Å²) in [6.07, 6.45) is 4.05. The molecule has 1 aliphatic rings. The Balaban J connectivity index is 1.80. The van der Waals surface area contributed by atoms with Gasteiger partial charge in [-0.25, -0.2) is 4.98 Å². The van der Waals surface area contributed by atoms with Crippen LogP contribution in [0.5, 0.6) is 0 Å². The first-order valence-corrected chi connectivity index (χ1v) is 7.79. The minimum atomic E-state index is -0.372. The topological polar surface area (TPSA) is 33.1 Å². The van der Waals surface area contributed by atoms with Crippen LogP contribution in [-0.4, -0.2) is 10.1 Å². The van der Waals surface area contributed by atoms with E-state index in [1.165, 1.54) is 30.4 Å². The van der Waals surface area contributed by atoms with Gasteiger partial charge in [0.1, 0.15) is 0 Å². The Morgan fingerprint density at radius 3 is 3.05 bits per heavy atom. The molecule has 0 fully saturated rings. The van der Waals surface area contributed by atoms with Crippen LogP contribution in [0.4, 0.5) is 0 Å². The van der Waals surface area contributed by atoms with E-state index in [1.807, 2.05) is 12.4 Å². The summed E-state index contributed by atoms with van der Waals surface area (Å²) in [5.41, 5.74) is 5.70. The highest BCUT2D eigenvalue weighted by Gasteiger charge is 2.24. The minimum Gasteiger partial charge on any atom is -0.387 e. The number of benzene rings is 1. The predicted octanol–water partition coefficient (Wildman–Crippen LogP) is 4.00. The molecule has 19 heavy (non-hydrogen) atoms. The molecule has 1 aliphatic carbocycles. The van der Waals surface area contributed by atoms with Gasteiger partial charge in [-0.15, -0.1) is 11.3 Å². The number of nitrogens with zero attached hydrogens (tertiary/aromatic N) is 1. The van der Waals surface area contributed by atoms with Crippen molar-refractivity contribution in [2.24, 2.45) is 0 Å². The number of fused-ring (bicyclic) bond motifs is 1. The molecule has 1 aromatic carbocycles. The van der Waals surface area contributed by atoms with Crippen molar-refractivity contribution in [1.82, 2.24) is 4.98 Å². The molecule has 1 heterocycles. The molecule has 0 bridgehead atoms. The molecular weight excluding hydrogens is 254 g/mol. The lowest BCUT2D eigenvalue weighted by molar-refractivity contribution is 0.157. The van der Waals surface area contributed by atoms with E-state index in [4.69, 9.17) is 0 Å². The molecule has 3 heteroatoms. The molecule has 0 aliphatic heterocycles. The van der Waals surface area contributed by atoms with Crippen molar-refractivity contribution in [2.75, 3.05) is 0 Å². The fourth-order valence-corrected chi connectivity index (χ4v) is 3.91. The molecule has 0 saturated heterocycles. The summed E-state index contributed by atoms with van der Waals surface area (Å²) >= 11 is 1.57. The number of aliphatic hydroxyl groups excluding tert-OH is 1. The SMILES string of the molecule is Cc1ncsc1C(O)CC1CCCc2ccccc21. The Kier molecular flexibility index (Phi) is 3.67. The Labute approximate surface area is 118 Å². The molecule has 2 aromatic rings. The van der Waals surface area contributed by atoms with Gasteiger partial charge >= 0.3 is 0 Å². The summed E-state index contributed by atoms with van der Waals surface area (Å²) < 4.78 is 0. The number of thiazole rings is 1. The van der Waals surface area contributed by atoms with Crippen LogP contribution >= 0.6 is 11.3 Å². The van der Waals surface area contributed by atoms with Crippen LogP contribution in [-0.2, 0) is 6.42 Å². The summed E-state index contributed by atoms with van der Waals surface area (Å²) in [5, 5.41) is 10.4. The zero-order valence-corrected chi connectivity index (χ0v) is 12.0. The van der Waals surface area contributed by atoms with Gasteiger partial charge in [-0.05, 0) is 49.7 Å². The smallest absolute Gasteiger partial charge is 0.0906 e. The van der Waals surface area contributed by atoms with E-state index >= 15 is 0 Å². The summed E-state index contributed by atoms with van der Waals surface area (Å²) in [6.45, 7) is 1.98. The third kappa shape index (κ3) is 2.58. The summed E-state index contributed by atoms with van der Waals surface area (Å²) in [4.78, 5) is 5.26. The Morgan fingerprint density at radius 1 is 1.42 bits per heavy atom. The predicted molar refractivity (Wildman–Crippen MR) is 78.5 cm³/mol. The average molecular weight is 273 g/mol. The second-order valence-electron chi connectivity index (χ2n) is 5.34. The van der Waals surface area contributed by atoms with Crippen molar-refractivity contribution in [1.29, 1.82) is 0 Å². The molecule has 2 nitrogen and oxygen atoms in total. The van der Waals surface area contributed by atoms with Crippen LogP contribution < -0.4 is 0 Å². The van der Waals surface area contributed by atoms with Gasteiger partial charge < -0.3 is 5.11 Å². The highest BCUT2D eigenvalue weighted by atomic mass is 32.1. The van der Waals surface area contributed by atoms with Crippen LogP contribution in [0.25, 0.3) is 0 Å². The quantitative estimate of drug-likeness (QED) is 0.917. The minimum absolute atomic E-state index is 0.372. The van der Waals surface area contributed by atoms with E-state index in [1.54, 1.807) is 11.3 Å². The van der Waals surface area contributed by atoms with Gasteiger partial charge in [0.15, 0.2) is 0 Å². The summed E-state index contributed by atoms with van der Waals surface area (Å²) in [6, 6.07) is 8.68. The molecular formula is C16H19NOS. The van der Waals surface area contributed by atoms with Crippen molar-refractivity contribution >= 4 is 11.3 Å². The normalized spacial score (nSPS) is 20.0. The third-order valence-electron chi connectivity index (χ3n) is 4.09. The fourth-order valence-electron chi connectivity index (χ4n) is 3.11. The maximum atomic E-state index is 10.4. The van der Waals surface area contributed by atoms with Crippen LogP contribution in [0.15, 0.2) is 29.8 Å². The maximum absolute atomic E-state index is 10.4. The molecule has 0 saturated carbocycles. The van der Waals surface area contributed by atoms with Crippen molar-refractivity contribution in [3.05, 3.63) is 51.5 Å². The number of aromatic nitrogens is 1. The summed E-state index contributed by atoms with van der Waals surface area (Å²) in [5.74, 6) is 0.487. The molecule has 2 atom stereocenters. The molecule has 0 amide bonds. The average Bonchev–Trinajstić information content (AvgIpc) is 2.85. The van der Waals surface area contributed by atoms with Gasteiger partial charge in [0.2, 0.25) is 0 Å². The molecule has 0 radical (unpaired) electrons. The standard InChI is InChI=1S/C16H19NOS/c1-11-16(19-10-17-11)15(18)9-13-7-4-6-12-5-2-3-8-14(12)13/h2-3,5,8,10,13,15,18H,4,6-7,9H2,1H3. The van der Waals surface area contributed by atoms with Crippen molar-refractivity contribution in [3.63, 3.8) is 0 Å². The van der Waals surface area contributed by atoms with Crippen LogP contribution in [0, 0.1) is 6.92 Å². The second kappa shape index (κ2) is 5.43. The molecule has 1 N–H and O–H groups in total. The first-order valence-electron chi connectivity index (χ1n) is 6.91. The van der Waals surface area contributed by atoms with Gasteiger partial charge in [0.05, 0.1) is 22.2 Å². The lowest BCUT2D eigenvalue weighted by atomic mass is 9.80. The van der Waals surface area contributed by atoms with Gasteiger partial charge in [0, 0.05) is 0 Å². The van der Waals surface area contributed by atoms with Gasteiger partial charge in [-0.2, -0.15) is 0 Å². The number of aliphatic hydroxyl groups is 1. The van der Waals surface area contributed by atoms with Crippen LogP contribution in [0.1, 0.15) is 53.0 Å². The van der Waals surface area contributed by atoms with Gasteiger partial charge in [-0.1, -0.05) is 24.3 Å². The molecule has 1 aromatic heterocycles. The highest BCUT2D eigenvalue weighted by Crippen LogP contribution is 2.38. The van der Waals surface area contributed by atoms with Crippen LogP contribution in [0.2, 0.25) is 0 Å². The van der Waals surface area contributed by atoms with E-state index in [-0.39, 0.29) is 6.10 Å². The third-order valence-corrected chi connectivity index (χ3v) is 5.12. The lowest BCUT2D eigenvalue weighted by Crippen LogP contribution is -2.13. The number of hydrogen-bond donors (Lipinski definition) is 1. The van der Waals surface area contributed by atoms with E-state index in [2.05, 4.69) is 29.2 Å². The number of rotatable bonds is 3. The summed E-state index contributed by atoms with van der Waals surface area (Å²) in [7, 11) is 0. The zero-order chi connectivity index (χ0) is 13.2.